The first-order valence-electron chi connectivity index (χ1n) is 6.59. The van der Waals surface area contributed by atoms with Gasteiger partial charge in [-0.2, -0.15) is 0 Å². The smallest absolute Gasteiger partial charge is 0.230 e. The van der Waals surface area contributed by atoms with Crippen LogP contribution in [0.3, 0.4) is 0 Å². The number of carbonyl (C=O) groups is 1. The first-order valence-corrected chi connectivity index (χ1v) is 7.38. The van der Waals surface area contributed by atoms with Crippen molar-refractivity contribution in [1.82, 2.24) is 0 Å². The van der Waals surface area contributed by atoms with Gasteiger partial charge in [-0.3, -0.25) is 4.79 Å². The lowest BCUT2D eigenvalue weighted by atomic mass is 9.75. The van der Waals surface area contributed by atoms with E-state index in [1.165, 1.54) is 24.8 Å². The van der Waals surface area contributed by atoms with E-state index in [1.807, 2.05) is 25.1 Å². The van der Waals surface area contributed by atoms with Gasteiger partial charge in [-0.25, -0.2) is 0 Å². The molecule has 0 spiro atoms. The van der Waals surface area contributed by atoms with E-state index in [-0.39, 0.29) is 11.3 Å². The molecule has 1 aliphatic rings. The maximum Gasteiger partial charge on any atom is 0.230 e. The fourth-order valence-electron chi connectivity index (χ4n) is 2.51. The van der Waals surface area contributed by atoms with E-state index in [9.17, 15) is 4.79 Å². The zero-order valence-electron chi connectivity index (χ0n) is 11.1. The molecule has 1 aliphatic carbocycles. The van der Waals surface area contributed by atoms with Crippen molar-refractivity contribution in [2.75, 3.05) is 5.32 Å². The van der Waals surface area contributed by atoms with Gasteiger partial charge in [0.1, 0.15) is 0 Å². The van der Waals surface area contributed by atoms with Crippen LogP contribution in [-0.4, -0.2) is 5.91 Å². The van der Waals surface area contributed by atoms with E-state index in [0.717, 1.165) is 23.0 Å². The maximum atomic E-state index is 12.4. The Morgan fingerprint density at radius 1 is 1.28 bits per heavy atom. The highest BCUT2D eigenvalue weighted by Gasteiger charge is 2.34. The maximum absolute atomic E-state index is 12.4. The van der Waals surface area contributed by atoms with Gasteiger partial charge in [0.15, 0.2) is 0 Å². The van der Waals surface area contributed by atoms with Crippen molar-refractivity contribution in [2.45, 2.75) is 46.0 Å². The van der Waals surface area contributed by atoms with Gasteiger partial charge in [-0.1, -0.05) is 48.2 Å². The Morgan fingerprint density at radius 3 is 2.56 bits per heavy atom. The van der Waals surface area contributed by atoms with Crippen molar-refractivity contribution in [3.8, 4) is 0 Å². The second-order valence-corrected chi connectivity index (χ2v) is 6.39. The molecule has 0 heterocycles. The fraction of sp³-hybridized carbons (Fsp3) is 0.533. The van der Waals surface area contributed by atoms with Crippen molar-refractivity contribution in [3.63, 3.8) is 0 Å². The van der Waals surface area contributed by atoms with Crippen molar-refractivity contribution >= 4 is 27.5 Å². The SMILES string of the molecule is Cc1ccc(NC(=O)C2(C)CCCCC2)cc1Br. The predicted octanol–water partition coefficient (Wildman–Crippen LogP) is 4.67. The topological polar surface area (TPSA) is 29.1 Å². The Balaban J connectivity index is 2.08. The summed E-state index contributed by atoms with van der Waals surface area (Å²) in [7, 11) is 0. The summed E-state index contributed by atoms with van der Waals surface area (Å²) in [6.45, 7) is 4.13. The summed E-state index contributed by atoms with van der Waals surface area (Å²) in [5, 5.41) is 3.05. The molecule has 1 saturated carbocycles. The standard InChI is InChI=1S/C15H20BrNO/c1-11-6-7-12(10-13(11)16)17-14(18)15(2)8-4-3-5-9-15/h6-7,10H,3-5,8-9H2,1-2H3,(H,17,18). The summed E-state index contributed by atoms with van der Waals surface area (Å²) in [6.07, 6.45) is 5.61. The molecule has 0 aliphatic heterocycles. The number of nitrogens with one attached hydrogen (secondary N) is 1. The van der Waals surface area contributed by atoms with Crippen molar-refractivity contribution in [1.29, 1.82) is 0 Å². The average Bonchev–Trinajstić information content (AvgIpc) is 2.35. The van der Waals surface area contributed by atoms with E-state index < -0.39 is 0 Å². The van der Waals surface area contributed by atoms with Gasteiger partial charge >= 0.3 is 0 Å². The van der Waals surface area contributed by atoms with Crippen LogP contribution < -0.4 is 5.32 Å². The molecule has 1 N–H and O–H groups in total. The zero-order valence-corrected chi connectivity index (χ0v) is 12.6. The van der Waals surface area contributed by atoms with Gasteiger partial charge in [0.25, 0.3) is 0 Å². The molecule has 1 fully saturated rings. The van der Waals surface area contributed by atoms with E-state index >= 15 is 0 Å². The molecule has 2 nitrogen and oxygen atoms in total. The number of rotatable bonds is 2. The predicted molar refractivity (Wildman–Crippen MR) is 78.7 cm³/mol. The van der Waals surface area contributed by atoms with Gasteiger partial charge in [0, 0.05) is 15.6 Å². The quantitative estimate of drug-likeness (QED) is 0.845. The molecule has 18 heavy (non-hydrogen) atoms. The van der Waals surface area contributed by atoms with Crippen molar-refractivity contribution in [3.05, 3.63) is 28.2 Å². The molecular weight excluding hydrogens is 290 g/mol. The first-order chi connectivity index (χ1) is 8.51. The molecular formula is C15H20BrNO. The lowest BCUT2D eigenvalue weighted by molar-refractivity contribution is -0.126. The summed E-state index contributed by atoms with van der Waals surface area (Å²) >= 11 is 3.49. The van der Waals surface area contributed by atoms with Crippen LogP contribution in [0, 0.1) is 12.3 Å². The molecule has 0 bridgehead atoms. The minimum Gasteiger partial charge on any atom is -0.326 e. The second-order valence-electron chi connectivity index (χ2n) is 5.54. The largest absolute Gasteiger partial charge is 0.326 e. The Hall–Kier alpha value is -0.830. The molecule has 98 valence electrons. The number of hydrogen-bond donors (Lipinski definition) is 1. The van der Waals surface area contributed by atoms with Gasteiger partial charge in [-0.05, 0) is 37.5 Å². The summed E-state index contributed by atoms with van der Waals surface area (Å²) in [5.41, 5.74) is 1.87. The van der Waals surface area contributed by atoms with E-state index in [2.05, 4.69) is 28.2 Å². The van der Waals surface area contributed by atoms with Gasteiger partial charge in [0.2, 0.25) is 5.91 Å². The highest BCUT2D eigenvalue weighted by Crippen LogP contribution is 2.36. The average molecular weight is 310 g/mol. The molecule has 0 aromatic heterocycles. The lowest BCUT2D eigenvalue weighted by Crippen LogP contribution is -2.35. The molecule has 0 radical (unpaired) electrons. The molecule has 0 saturated heterocycles. The van der Waals surface area contributed by atoms with Crippen LogP contribution in [-0.2, 0) is 4.79 Å². The van der Waals surface area contributed by atoms with Crippen molar-refractivity contribution in [2.24, 2.45) is 5.41 Å². The summed E-state index contributed by atoms with van der Waals surface area (Å²) in [5.74, 6) is 0.165. The zero-order chi connectivity index (χ0) is 13.2. The Kier molecular flexibility index (Phi) is 4.10. The first kappa shape index (κ1) is 13.6. The molecule has 0 atom stereocenters. The number of halogens is 1. The fourth-order valence-corrected chi connectivity index (χ4v) is 2.89. The number of aryl methyl sites for hydroxylation is 1. The number of carbonyl (C=O) groups excluding carboxylic acids is 1. The molecule has 0 unspecified atom stereocenters. The Labute approximate surface area is 117 Å². The van der Waals surface area contributed by atoms with E-state index in [1.54, 1.807) is 0 Å². The lowest BCUT2D eigenvalue weighted by Gasteiger charge is -2.32. The van der Waals surface area contributed by atoms with Crippen LogP contribution in [0.1, 0.15) is 44.6 Å². The van der Waals surface area contributed by atoms with Crippen LogP contribution in [0.2, 0.25) is 0 Å². The number of hydrogen-bond acceptors (Lipinski definition) is 1. The minimum absolute atomic E-state index is 0.165. The van der Waals surface area contributed by atoms with Crippen LogP contribution in [0.25, 0.3) is 0 Å². The molecule has 1 aromatic carbocycles. The van der Waals surface area contributed by atoms with Crippen molar-refractivity contribution < 1.29 is 4.79 Å². The minimum atomic E-state index is -0.185. The highest BCUT2D eigenvalue weighted by molar-refractivity contribution is 9.10. The highest BCUT2D eigenvalue weighted by atomic mass is 79.9. The summed E-state index contributed by atoms with van der Waals surface area (Å²) in [4.78, 5) is 12.4. The van der Waals surface area contributed by atoms with Crippen LogP contribution in [0.4, 0.5) is 5.69 Å². The number of anilines is 1. The number of benzene rings is 1. The monoisotopic (exact) mass is 309 g/mol. The molecule has 1 aromatic rings. The molecule has 2 rings (SSSR count). The van der Waals surface area contributed by atoms with Gasteiger partial charge in [0.05, 0.1) is 0 Å². The summed E-state index contributed by atoms with van der Waals surface area (Å²) < 4.78 is 1.04. The molecule has 1 amide bonds. The van der Waals surface area contributed by atoms with Crippen LogP contribution >= 0.6 is 15.9 Å². The van der Waals surface area contributed by atoms with Gasteiger partial charge < -0.3 is 5.32 Å². The Bertz CT molecular complexity index is 450. The number of amides is 1. The van der Waals surface area contributed by atoms with Crippen LogP contribution in [0.5, 0.6) is 0 Å². The third-order valence-electron chi connectivity index (χ3n) is 3.93. The molecule has 3 heteroatoms. The normalized spacial score (nSPS) is 18.4. The van der Waals surface area contributed by atoms with E-state index in [0.29, 0.717) is 0 Å². The second kappa shape index (κ2) is 5.43. The third kappa shape index (κ3) is 2.94. The third-order valence-corrected chi connectivity index (χ3v) is 4.79. The Morgan fingerprint density at radius 2 is 1.94 bits per heavy atom. The van der Waals surface area contributed by atoms with E-state index in [4.69, 9.17) is 0 Å². The summed E-state index contributed by atoms with van der Waals surface area (Å²) in [6, 6.07) is 5.95. The van der Waals surface area contributed by atoms with Gasteiger partial charge in [-0.15, -0.1) is 0 Å². The van der Waals surface area contributed by atoms with Crippen LogP contribution in [0.15, 0.2) is 22.7 Å².